The Morgan fingerprint density at radius 3 is 2.29 bits per heavy atom. The number of aldehydes is 1. The highest BCUT2D eigenvalue weighted by Crippen LogP contribution is 2.37. The summed E-state index contributed by atoms with van der Waals surface area (Å²) in [6, 6.07) is 0.641. The van der Waals surface area contributed by atoms with Crippen LogP contribution in [0.2, 0.25) is 0 Å². The molecule has 98 valence electrons. The van der Waals surface area contributed by atoms with Gasteiger partial charge in [-0.3, -0.25) is 4.90 Å². The van der Waals surface area contributed by atoms with Gasteiger partial charge in [0, 0.05) is 24.5 Å². The summed E-state index contributed by atoms with van der Waals surface area (Å²) < 4.78 is 0. The summed E-state index contributed by atoms with van der Waals surface area (Å²) in [7, 11) is 0. The summed E-state index contributed by atoms with van der Waals surface area (Å²) >= 11 is 0. The van der Waals surface area contributed by atoms with Crippen molar-refractivity contribution in [1.29, 1.82) is 0 Å². The van der Waals surface area contributed by atoms with Gasteiger partial charge < -0.3 is 9.90 Å². The Morgan fingerprint density at radius 2 is 1.82 bits per heavy atom. The Hall–Kier alpha value is -0.410. The molecular formula is C14H25NO2. The molecule has 0 bridgehead atoms. The molecule has 0 aromatic rings. The Labute approximate surface area is 104 Å². The lowest BCUT2D eigenvalue weighted by atomic mass is 9.81. The van der Waals surface area contributed by atoms with Crippen LogP contribution in [-0.4, -0.2) is 42.0 Å². The molecule has 0 unspecified atom stereocenters. The van der Waals surface area contributed by atoms with Gasteiger partial charge in [0.15, 0.2) is 0 Å². The number of aliphatic hydroxyl groups is 1. The monoisotopic (exact) mass is 239 g/mol. The first-order valence-corrected chi connectivity index (χ1v) is 7.11. The first kappa shape index (κ1) is 13.0. The Kier molecular flexibility index (Phi) is 4.57. The van der Waals surface area contributed by atoms with Crippen molar-refractivity contribution in [2.75, 3.05) is 19.7 Å². The fourth-order valence-electron chi connectivity index (χ4n) is 3.11. The number of carbonyl (C=O) groups excluding carboxylic acids is 1. The molecule has 2 rings (SSSR count). The molecule has 0 aromatic carbocycles. The van der Waals surface area contributed by atoms with Gasteiger partial charge in [-0.25, -0.2) is 0 Å². The average molecular weight is 239 g/mol. The lowest BCUT2D eigenvalue weighted by Crippen LogP contribution is -2.41. The third-order valence-corrected chi connectivity index (χ3v) is 4.32. The van der Waals surface area contributed by atoms with E-state index >= 15 is 0 Å². The van der Waals surface area contributed by atoms with Crippen LogP contribution < -0.4 is 0 Å². The van der Waals surface area contributed by atoms with Crippen LogP contribution in [-0.2, 0) is 4.79 Å². The van der Waals surface area contributed by atoms with Crippen LogP contribution in [0.4, 0.5) is 0 Å². The van der Waals surface area contributed by atoms with Crippen molar-refractivity contribution < 1.29 is 9.90 Å². The van der Waals surface area contributed by atoms with Crippen LogP contribution in [0.15, 0.2) is 0 Å². The zero-order valence-electron chi connectivity index (χ0n) is 10.7. The third-order valence-electron chi connectivity index (χ3n) is 4.32. The second-order valence-electron chi connectivity index (χ2n) is 5.82. The van der Waals surface area contributed by atoms with Crippen LogP contribution in [0.3, 0.4) is 0 Å². The van der Waals surface area contributed by atoms with E-state index in [4.69, 9.17) is 5.11 Å². The van der Waals surface area contributed by atoms with Crippen LogP contribution >= 0.6 is 0 Å². The first-order chi connectivity index (χ1) is 8.29. The Morgan fingerprint density at radius 1 is 1.18 bits per heavy atom. The van der Waals surface area contributed by atoms with E-state index in [1.54, 1.807) is 0 Å². The molecule has 17 heavy (non-hydrogen) atoms. The third kappa shape index (κ3) is 3.52. The smallest absolute Gasteiger partial charge is 0.127 e. The SMILES string of the molecule is O=CC1(CN(CCO)C2CC2)CCCCCC1. The maximum absolute atomic E-state index is 11.5. The standard InChI is InChI=1S/C14H25NO2/c16-10-9-15(13-5-6-13)11-14(12-17)7-3-1-2-4-8-14/h12-13,16H,1-11H2. The molecule has 3 nitrogen and oxygen atoms in total. The summed E-state index contributed by atoms with van der Waals surface area (Å²) in [6.07, 6.45) is 10.7. The van der Waals surface area contributed by atoms with Gasteiger partial charge in [0.2, 0.25) is 0 Å². The van der Waals surface area contributed by atoms with Crippen LogP contribution in [0.25, 0.3) is 0 Å². The molecule has 2 saturated carbocycles. The molecule has 0 radical (unpaired) electrons. The molecule has 0 heterocycles. The molecule has 0 spiro atoms. The van der Waals surface area contributed by atoms with Crippen LogP contribution in [0, 0.1) is 5.41 Å². The number of rotatable bonds is 6. The molecule has 0 amide bonds. The summed E-state index contributed by atoms with van der Waals surface area (Å²) in [6.45, 7) is 1.83. The molecular weight excluding hydrogens is 214 g/mol. The van der Waals surface area contributed by atoms with Gasteiger partial charge in [-0.1, -0.05) is 25.7 Å². The Balaban J connectivity index is 1.97. The number of aliphatic hydroxyl groups excluding tert-OH is 1. The van der Waals surface area contributed by atoms with E-state index in [0.717, 1.165) is 25.9 Å². The molecule has 2 aliphatic rings. The summed E-state index contributed by atoms with van der Waals surface area (Å²) in [4.78, 5) is 13.9. The van der Waals surface area contributed by atoms with E-state index in [1.165, 1.54) is 44.8 Å². The average Bonchev–Trinajstić information content (AvgIpc) is 3.16. The molecule has 2 aliphatic carbocycles. The van der Waals surface area contributed by atoms with Crippen molar-refractivity contribution in [3.63, 3.8) is 0 Å². The number of carbonyl (C=O) groups is 1. The zero-order valence-corrected chi connectivity index (χ0v) is 10.7. The second kappa shape index (κ2) is 5.96. The lowest BCUT2D eigenvalue weighted by molar-refractivity contribution is -0.118. The first-order valence-electron chi connectivity index (χ1n) is 7.11. The fraction of sp³-hybridized carbons (Fsp3) is 0.929. The second-order valence-corrected chi connectivity index (χ2v) is 5.82. The molecule has 0 aromatic heterocycles. The van der Waals surface area contributed by atoms with Gasteiger partial charge in [-0.15, -0.1) is 0 Å². The van der Waals surface area contributed by atoms with E-state index in [1.807, 2.05) is 0 Å². The fourth-order valence-corrected chi connectivity index (χ4v) is 3.11. The maximum atomic E-state index is 11.5. The van der Waals surface area contributed by atoms with Crippen LogP contribution in [0.5, 0.6) is 0 Å². The van der Waals surface area contributed by atoms with Gasteiger partial charge in [0.25, 0.3) is 0 Å². The topological polar surface area (TPSA) is 40.5 Å². The predicted octanol–water partition coefficient (Wildman–Crippen LogP) is 1.98. The highest BCUT2D eigenvalue weighted by Gasteiger charge is 2.37. The largest absolute Gasteiger partial charge is 0.395 e. The van der Waals surface area contributed by atoms with Crippen molar-refractivity contribution in [2.24, 2.45) is 5.41 Å². The highest BCUT2D eigenvalue weighted by molar-refractivity contribution is 5.59. The minimum absolute atomic E-state index is 0.117. The summed E-state index contributed by atoms with van der Waals surface area (Å²) in [5.74, 6) is 0. The van der Waals surface area contributed by atoms with Crippen molar-refractivity contribution >= 4 is 6.29 Å². The van der Waals surface area contributed by atoms with E-state index in [2.05, 4.69) is 4.90 Å². The van der Waals surface area contributed by atoms with Gasteiger partial charge in [0.05, 0.1) is 6.61 Å². The van der Waals surface area contributed by atoms with Crippen LogP contribution in [0.1, 0.15) is 51.4 Å². The van der Waals surface area contributed by atoms with Crippen molar-refractivity contribution in [2.45, 2.75) is 57.4 Å². The highest BCUT2D eigenvalue weighted by atomic mass is 16.3. The number of hydrogen-bond donors (Lipinski definition) is 1. The lowest BCUT2D eigenvalue weighted by Gasteiger charge is -2.33. The quantitative estimate of drug-likeness (QED) is 0.569. The van der Waals surface area contributed by atoms with Gasteiger partial charge >= 0.3 is 0 Å². The van der Waals surface area contributed by atoms with E-state index in [9.17, 15) is 4.79 Å². The molecule has 3 heteroatoms. The van der Waals surface area contributed by atoms with E-state index in [0.29, 0.717) is 6.04 Å². The predicted molar refractivity (Wildman–Crippen MR) is 67.9 cm³/mol. The van der Waals surface area contributed by atoms with Crippen molar-refractivity contribution in [3.05, 3.63) is 0 Å². The Bertz CT molecular complexity index is 243. The number of hydrogen-bond acceptors (Lipinski definition) is 3. The summed E-state index contributed by atoms with van der Waals surface area (Å²) in [5, 5.41) is 9.13. The van der Waals surface area contributed by atoms with E-state index < -0.39 is 0 Å². The zero-order chi connectivity index (χ0) is 12.1. The van der Waals surface area contributed by atoms with Gasteiger partial charge in [0.1, 0.15) is 6.29 Å². The number of nitrogens with zero attached hydrogens (tertiary/aromatic N) is 1. The van der Waals surface area contributed by atoms with Gasteiger partial charge in [-0.2, -0.15) is 0 Å². The maximum Gasteiger partial charge on any atom is 0.127 e. The van der Waals surface area contributed by atoms with Crippen molar-refractivity contribution in [1.82, 2.24) is 4.90 Å². The minimum Gasteiger partial charge on any atom is -0.395 e. The molecule has 0 saturated heterocycles. The van der Waals surface area contributed by atoms with Crippen molar-refractivity contribution in [3.8, 4) is 0 Å². The molecule has 0 atom stereocenters. The summed E-state index contributed by atoms with van der Waals surface area (Å²) in [5.41, 5.74) is -0.117. The molecule has 2 fully saturated rings. The van der Waals surface area contributed by atoms with Gasteiger partial charge in [-0.05, 0) is 25.7 Å². The molecule has 0 aliphatic heterocycles. The normalized spacial score (nSPS) is 24.6. The minimum atomic E-state index is -0.117. The van der Waals surface area contributed by atoms with E-state index in [-0.39, 0.29) is 12.0 Å². The molecule has 1 N–H and O–H groups in total.